The standard InChI is InChI=1S/C8H10N6O/c1-14-7(6(9)4-12-14)8(15)13-5-2-10-11-3-5/h2-4H,9H2,1H3,(H,10,11)(H,13,15). The molecule has 0 fully saturated rings. The molecule has 0 unspecified atom stereocenters. The van der Waals surface area contributed by atoms with Crippen LogP contribution in [0.25, 0.3) is 0 Å². The Morgan fingerprint density at radius 3 is 2.93 bits per heavy atom. The molecule has 78 valence electrons. The summed E-state index contributed by atoms with van der Waals surface area (Å²) in [6.07, 6.45) is 4.51. The van der Waals surface area contributed by atoms with Crippen molar-refractivity contribution in [3.05, 3.63) is 24.3 Å². The summed E-state index contributed by atoms with van der Waals surface area (Å²) in [6, 6.07) is 0. The van der Waals surface area contributed by atoms with Crippen molar-refractivity contribution in [2.45, 2.75) is 0 Å². The van der Waals surface area contributed by atoms with Crippen LogP contribution in [0.3, 0.4) is 0 Å². The maximum atomic E-state index is 11.7. The van der Waals surface area contributed by atoms with Crippen LogP contribution in [0.1, 0.15) is 10.5 Å². The van der Waals surface area contributed by atoms with Gasteiger partial charge in [-0.25, -0.2) is 0 Å². The fourth-order valence-electron chi connectivity index (χ4n) is 1.24. The molecule has 7 nitrogen and oxygen atoms in total. The number of hydrogen-bond donors (Lipinski definition) is 3. The second-order valence-corrected chi connectivity index (χ2v) is 3.01. The second kappa shape index (κ2) is 3.45. The summed E-state index contributed by atoms with van der Waals surface area (Å²) in [4.78, 5) is 11.7. The van der Waals surface area contributed by atoms with E-state index in [0.29, 0.717) is 17.1 Å². The zero-order chi connectivity index (χ0) is 10.8. The summed E-state index contributed by atoms with van der Waals surface area (Å²) < 4.78 is 1.42. The third kappa shape index (κ3) is 1.66. The number of carbonyl (C=O) groups is 1. The lowest BCUT2D eigenvalue weighted by atomic mass is 10.3. The van der Waals surface area contributed by atoms with Crippen LogP contribution in [0.5, 0.6) is 0 Å². The summed E-state index contributed by atoms with van der Waals surface area (Å²) >= 11 is 0. The molecule has 0 aromatic carbocycles. The highest BCUT2D eigenvalue weighted by Gasteiger charge is 2.14. The number of anilines is 2. The Bertz CT molecular complexity index is 452. The molecule has 2 rings (SSSR count). The maximum absolute atomic E-state index is 11.7. The van der Waals surface area contributed by atoms with Crippen LogP contribution in [0.4, 0.5) is 11.4 Å². The molecule has 4 N–H and O–H groups in total. The van der Waals surface area contributed by atoms with E-state index in [1.807, 2.05) is 0 Å². The molecule has 0 spiro atoms. The first-order valence-electron chi connectivity index (χ1n) is 4.26. The zero-order valence-electron chi connectivity index (χ0n) is 8.06. The zero-order valence-corrected chi connectivity index (χ0v) is 8.06. The fraction of sp³-hybridized carbons (Fsp3) is 0.125. The Balaban J connectivity index is 2.22. The van der Waals surface area contributed by atoms with E-state index in [1.54, 1.807) is 13.2 Å². The van der Waals surface area contributed by atoms with Crippen molar-refractivity contribution in [2.24, 2.45) is 7.05 Å². The number of aromatic nitrogens is 4. The maximum Gasteiger partial charge on any atom is 0.276 e. The third-order valence-corrected chi connectivity index (χ3v) is 1.94. The van der Waals surface area contributed by atoms with Crippen LogP contribution in [-0.4, -0.2) is 25.9 Å². The van der Waals surface area contributed by atoms with E-state index in [4.69, 9.17) is 5.73 Å². The molecule has 1 amide bonds. The highest BCUT2D eigenvalue weighted by molar-refractivity contribution is 6.06. The van der Waals surface area contributed by atoms with Gasteiger partial charge in [0, 0.05) is 13.2 Å². The van der Waals surface area contributed by atoms with Gasteiger partial charge in [-0.05, 0) is 0 Å². The largest absolute Gasteiger partial charge is 0.396 e. The van der Waals surface area contributed by atoms with Gasteiger partial charge in [0.25, 0.3) is 5.91 Å². The Labute approximate surface area is 85.3 Å². The van der Waals surface area contributed by atoms with Crippen molar-refractivity contribution in [1.82, 2.24) is 20.0 Å². The lowest BCUT2D eigenvalue weighted by molar-refractivity contribution is 0.101. The second-order valence-electron chi connectivity index (χ2n) is 3.01. The van der Waals surface area contributed by atoms with Gasteiger partial charge in [-0.15, -0.1) is 0 Å². The Morgan fingerprint density at radius 2 is 2.40 bits per heavy atom. The first-order chi connectivity index (χ1) is 7.18. The number of amides is 1. The number of rotatable bonds is 2. The van der Waals surface area contributed by atoms with Gasteiger partial charge >= 0.3 is 0 Å². The van der Waals surface area contributed by atoms with Crippen molar-refractivity contribution < 1.29 is 4.79 Å². The number of nitrogen functional groups attached to an aromatic ring is 1. The normalized spacial score (nSPS) is 10.2. The molecule has 2 aromatic rings. The van der Waals surface area contributed by atoms with Crippen LogP contribution < -0.4 is 11.1 Å². The van der Waals surface area contributed by atoms with Crippen LogP contribution >= 0.6 is 0 Å². The number of nitrogens with two attached hydrogens (primary N) is 1. The molecule has 2 aromatic heterocycles. The van der Waals surface area contributed by atoms with E-state index in [1.165, 1.54) is 17.1 Å². The minimum Gasteiger partial charge on any atom is -0.396 e. The molecule has 0 aliphatic heterocycles. The minimum atomic E-state index is -0.311. The highest BCUT2D eigenvalue weighted by atomic mass is 16.2. The van der Waals surface area contributed by atoms with Crippen molar-refractivity contribution in [1.29, 1.82) is 0 Å². The smallest absolute Gasteiger partial charge is 0.276 e. The van der Waals surface area contributed by atoms with Crippen LogP contribution in [0.2, 0.25) is 0 Å². The van der Waals surface area contributed by atoms with E-state index in [2.05, 4.69) is 20.6 Å². The molecule has 0 radical (unpaired) electrons. The molecule has 0 bridgehead atoms. The number of H-pyrrole nitrogens is 1. The summed E-state index contributed by atoms with van der Waals surface area (Å²) in [5, 5.41) is 12.8. The predicted molar refractivity (Wildman–Crippen MR) is 54.2 cm³/mol. The Morgan fingerprint density at radius 1 is 1.60 bits per heavy atom. The molecule has 0 aliphatic carbocycles. The fourth-order valence-corrected chi connectivity index (χ4v) is 1.24. The Hall–Kier alpha value is -2.31. The predicted octanol–water partition coefficient (Wildman–Crippen LogP) is -0.0223. The summed E-state index contributed by atoms with van der Waals surface area (Å²) in [6.45, 7) is 0. The van der Waals surface area contributed by atoms with Crippen molar-refractivity contribution in [3.8, 4) is 0 Å². The molecule has 0 saturated carbocycles. The lowest BCUT2D eigenvalue weighted by Crippen LogP contribution is -2.17. The van der Waals surface area contributed by atoms with Gasteiger partial charge in [0.2, 0.25) is 0 Å². The first-order valence-corrected chi connectivity index (χ1v) is 4.26. The molecule has 2 heterocycles. The molecule has 0 aliphatic rings. The van der Waals surface area contributed by atoms with Crippen molar-refractivity contribution in [3.63, 3.8) is 0 Å². The molecule has 0 atom stereocenters. The van der Waals surface area contributed by atoms with Gasteiger partial charge in [0.1, 0.15) is 5.69 Å². The van der Waals surface area contributed by atoms with Crippen LogP contribution in [-0.2, 0) is 7.05 Å². The molecule has 0 saturated heterocycles. The molecule has 7 heteroatoms. The molecular weight excluding hydrogens is 196 g/mol. The third-order valence-electron chi connectivity index (χ3n) is 1.94. The lowest BCUT2D eigenvalue weighted by Gasteiger charge is -2.03. The van der Waals surface area contributed by atoms with Crippen LogP contribution in [0.15, 0.2) is 18.6 Å². The van der Waals surface area contributed by atoms with E-state index in [9.17, 15) is 4.79 Å². The average Bonchev–Trinajstić information content (AvgIpc) is 2.77. The monoisotopic (exact) mass is 206 g/mol. The highest BCUT2D eigenvalue weighted by Crippen LogP contribution is 2.12. The summed E-state index contributed by atoms with van der Waals surface area (Å²) in [5.41, 5.74) is 6.86. The molecule has 15 heavy (non-hydrogen) atoms. The van der Waals surface area contributed by atoms with E-state index >= 15 is 0 Å². The number of hydrogen-bond acceptors (Lipinski definition) is 4. The van der Waals surface area contributed by atoms with Gasteiger partial charge < -0.3 is 11.1 Å². The molecular formula is C8H10N6O. The SMILES string of the molecule is Cn1ncc(N)c1C(=O)Nc1cn[nH]c1. The van der Waals surface area contributed by atoms with Crippen molar-refractivity contribution >= 4 is 17.3 Å². The van der Waals surface area contributed by atoms with Gasteiger partial charge in [0.15, 0.2) is 0 Å². The number of aryl methyl sites for hydroxylation is 1. The quantitative estimate of drug-likeness (QED) is 0.642. The van der Waals surface area contributed by atoms with Crippen LogP contribution in [0, 0.1) is 0 Å². The van der Waals surface area contributed by atoms with Gasteiger partial charge in [-0.2, -0.15) is 10.2 Å². The van der Waals surface area contributed by atoms with Crippen molar-refractivity contribution in [2.75, 3.05) is 11.1 Å². The van der Waals surface area contributed by atoms with Gasteiger partial charge in [-0.3, -0.25) is 14.6 Å². The summed E-state index contributed by atoms with van der Waals surface area (Å²) in [7, 11) is 1.65. The topological polar surface area (TPSA) is 102 Å². The summed E-state index contributed by atoms with van der Waals surface area (Å²) in [5.74, 6) is -0.311. The minimum absolute atomic E-state index is 0.311. The number of aromatic amines is 1. The Kier molecular flexibility index (Phi) is 2.13. The van der Waals surface area contributed by atoms with E-state index in [-0.39, 0.29) is 5.91 Å². The number of carbonyl (C=O) groups excluding carboxylic acids is 1. The number of nitrogens with one attached hydrogen (secondary N) is 2. The first kappa shape index (κ1) is 9.25. The van der Waals surface area contributed by atoms with E-state index < -0.39 is 0 Å². The van der Waals surface area contributed by atoms with Gasteiger partial charge in [-0.1, -0.05) is 0 Å². The van der Waals surface area contributed by atoms with Gasteiger partial charge in [0.05, 0.1) is 23.8 Å². The van der Waals surface area contributed by atoms with E-state index in [0.717, 1.165) is 0 Å². The number of nitrogens with zero attached hydrogens (tertiary/aromatic N) is 3. The average molecular weight is 206 g/mol.